The van der Waals surface area contributed by atoms with Crippen LogP contribution in [0.4, 0.5) is 10.1 Å². The van der Waals surface area contributed by atoms with Crippen LogP contribution in [-0.4, -0.2) is 9.78 Å². The minimum absolute atomic E-state index is 0.278. The number of nitrogens with zero attached hydrogens (tertiary/aromatic N) is 2. The molecule has 0 fully saturated rings. The first-order chi connectivity index (χ1) is 9.65. The Hall–Kier alpha value is -2.14. The van der Waals surface area contributed by atoms with Crippen LogP contribution in [0.5, 0.6) is 0 Å². The van der Waals surface area contributed by atoms with Crippen LogP contribution in [0, 0.1) is 5.82 Å². The van der Waals surface area contributed by atoms with E-state index >= 15 is 0 Å². The fraction of sp³-hybridized carbons (Fsp3) is 0. The van der Waals surface area contributed by atoms with E-state index in [1.54, 1.807) is 23.0 Å². The van der Waals surface area contributed by atoms with E-state index in [9.17, 15) is 4.39 Å². The SMILES string of the molecule is Nc1cn(-c2ccc(F)cc2)nc1-c1ccccc1Br. The van der Waals surface area contributed by atoms with Crippen molar-refractivity contribution in [1.82, 2.24) is 9.78 Å². The second kappa shape index (κ2) is 5.09. The maximum Gasteiger partial charge on any atom is 0.123 e. The predicted molar refractivity (Wildman–Crippen MR) is 81.1 cm³/mol. The van der Waals surface area contributed by atoms with E-state index in [0.717, 1.165) is 15.7 Å². The number of nitrogen functional groups attached to an aromatic ring is 1. The lowest BCUT2D eigenvalue weighted by Crippen LogP contribution is -1.95. The summed E-state index contributed by atoms with van der Waals surface area (Å²) in [5.74, 6) is -0.278. The summed E-state index contributed by atoms with van der Waals surface area (Å²) in [4.78, 5) is 0. The number of hydrogen-bond acceptors (Lipinski definition) is 2. The third kappa shape index (κ3) is 2.32. The summed E-state index contributed by atoms with van der Waals surface area (Å²) >= 11 is 3.49. The fourth-order valence-electron chi connectivity index (χ4n) is 1.98. The number of halogens is 2. The molecule has 0 radical (unpaired) electrons. The topological polar surface area (TPSA) is 43.8 Å². The standard InChI is InChI=1S/C15H11BrFN3/c16-13-4-2-1-3-12(13)15-14(18)9-20(19-15)11-7-5-10(17)6-8-11/h1-9H,18H2. The maximum atomic E-state index is 12.9. The maximum absolute atomic E-state index is 12.9. The van der Waals surface area contributed by atoms with Crippen LogP contribution in [0.1, 0.15) is 0 Å². The molecule has 3 nitrogen and oxygen atoms in total. The molecule has 1 aromatic heterocycles. The third-order valence-corrected chi connectivity index (χ3v) is 3.65. The lowest BCUT2D eigenvalue weighted by molar-refractivity contribution is 0.627. The zero-order chi connectivity index (χ0) is 14.1. The molecule has 0 amide bonds. The Bertz CT molecular complexity index is 750. The van der Waals surface area contributed by atoms with Crippen LogP contribution < -0.4 is 5.73 Å². The third-order valence-electron chi connectivity index (χ3n) is 2.96. The smallest absolute Gasteiger partial charge is 0.123 e. The molecule has 0 aliphatic heterocycles. The largest absolute Gasteiger partial charge is 0.396 e. The molecular weight excluding hydrogens is 321 g/mol. The van der Waals surface area contributed by atoms with Gasteiger partial charge in [-0.3, -0.25) is 0 Å². The van der Waals surface area contributed by atoms with E-state index < -0.39 is 0 Å². The number of rotatable bonds is 2. The molecule has 0 saturated heterocycles. The van der Waals surface area contributed by atoms with Gasteiger partial charge < -0.3 is 5.73 Å². The molecule has 100 valence electrons. The number of benzene rings is 2. The van der Waals surface area contributed by atoms with Gasteiger partial charge in [-0.25, -0.2) is 9.07 Å². The molecular formula is C15H11BrFN3. The zero-order valence-electron chi connectivity index (χ0n) is 10.4. The number of aromatic nitrogens is 2. The Morgan fingerprint density at radius 2 is 1.75 bits per heavy atom. The van der Waals surface area contributed by atoms with E-state index in [1.807, 2.05) is 24.3 Å². The van der Waals surface area contributed by atoms with Gasteiger partial charge in [0, 0.05) is 10.0 Å². The first-order valence-corrected chi connectivity index (χ1v) is 6.80. The second-order valence-corrected chi connectivity index (χ2v) is 5.19. The van der Waals surface area contributed by atoms with Crippen molar-refractivity contribution in [2.75, 3.05) is 5.73 Å². The van der Waals surface area contributed by atoms with Gasteiger partial charge in [-0.1, -0.05) is 34.1 Å². The average Bonchev–Trinajstić information content (AvgIpc) is 2.82. The normalized spacial score (nSPS) is 10.7. The molecule has 0 unspecified atom stereocenters. The molecule has 2 aromatic carbocycles. The molecule has 3 aromatic rings. The van der Waals surface area contributed by atoms with Crippen molar-refractivity contribution in [3.8, 4) is 16.9 Å². The van der Waals surface area contributed by atoms with Crippen LogP contribution in [0.15, 0.2) is 59.2 Å². The fourth-order valence-corrected chi connectivity index (χ4v) is 2.45. The average molecular weight is 332 g/mol. The van der Waals surface area contributed by atoms with Crippen LogP contribution in [0.25, 0.3) is 16.9 Å². The summed E-state index contributed by atoms with van der Waals surface area (Å²) in [5.41, 5.74) is 8.98. The molecule has 0 atom stereocenters. The van der Waals surface area contributed by atoms with Gasteiger partial charge in [-0.05, 0) is 30.3 Å². The van der Waals surface area contributed by atoms with Gasteiger partial charge in [-0.2, -0.15) is 5.10 Å². The van der Waals surface area contributed by atoms with Gasteiger partial charge in [0.25, 0.3) is 0 Å². The monoisotopic (exact) mass is 331 g/mol. The molecule has 2 N–H and O–H groups in total. The lowest BCUT2D eigenvalue weighted by Gasteiger charge is -2.02. The van der Waals surface area contributed by atoms with Crippen molar-refractivity contribution in [2.24, 2.45) is 0 Å². The van der Waals surface area contributed by atoms with E-state index in [1.165, 1.54) is 12.1 Å². The van der Waals surface area contributed by atoms with E-state index in [2.05, 4.69) is 21.0 Å². The molecule has 0 spiro atoms. The van der Waals surface area contributed by atoms with Crippen molar-refractivity contribution in [3.05, 3.63) is 65.0 Å². The van der Waals surface area contributed by atoms with E-state index in [-0.39, 0.29) is 5.82 Å². The first-order valence-electron chi connectivity index (χ1n) is 6.01. The summed E-state index contributed by atoms with van der Waals surface area (Å²) < 4.78 is 15.5. The highest BCUT2D eigenvalue weighted by atomic mass is 79.9. The predicted octanol–water partition coefficient (Wildman–Crippen LogP) is 4.02. The van der Waals surface area contributed by atoms with Gasteiger partial charge in [0.15, 0.2) is 0 Å². The van der Waals surface area contributed by atoms with Crippen LogP contribution in [0.2, 0.25) is 0 Å². The van der Waals surface area contributed by atoms with E-state index in [0.29, 0.717) is 11.4 Å². The molecule has 0 aliphatic rings. The first kappa shape index (κ1) is 12.9. The Morgan fingerprint density at radius 3 is 2.45 bits per heavy atom. The summed E-state index contributed by atoms with van der Waals surface area (Å²) in [6.07, 6.45) is 1.72. The highest BCUT2D eigenvalue weighted by Gasteiger charge is 2.12. The van der Waals surface area contributed by atoms with Gasteiger partial charge in [0.1, 0.15) is 11.5 Å². The Balaban J connectivity index is 2.08. The Morgan fingerprint density at radius 1 is 1.05 bits per heavy atom. The van der Waals surface area contributed by atoms with Crippen LogP contribution in [0.3, 0.4) is 0 Å². The summed E-state index contributed by atoms with van der Waals surface area (Å²) in [6.45, 7) is 0. The molecule has 5 heteroatoms. The van der Waals surface area contributed by atoms with Gasteiger partial charge >= 0.3 is 0 Å². The minimum Gasteiger partial charge on any atom is -0.396 e. The second-order valence-electron chi connectivity index (χ2n) is 4.33. The van der Waals surface area contributed by atoms with Crippen LogP contribution in [-0.2, 0) is 0 Å². The lowest BCUT2D eigenvalue weighted by atomic mass is 10.1. The molecule has 20 heavy (non-hydrogen) atoms. The van der Waals surface area contributed by atoms with Crippen molar-refractivity contribution in [3.63, 3.8) is 0 Å². The van der Waals surface area contributed by atoms with E-state index in [4.69, 9.17) is 5.73 Å². The summed E-state index contributed by atoms with van der Waals surface area (Å²) in [6, 6.07) is 13.8. The minimum atomic E-state index is -0.278. The highest BCUT2D eigenvalue weighted by molar-refractivity contribution is 9.10. The van der Waals surface area contributed by atoms with Crippen LogP contribution >= 0.6 is 15.9 Å². The van der Waals surface area contributed by atoms with Gasteiger partial charge in [0.2, 0.25) is 0 Å². The van der Waals surface area contributed by atoms with Crippen molar-refractivity contribution in [2.45, 2.75) is 0 Å². The van der Waals surface area contributed by atoms with Crippen molar-refractivity contribution >= 4 is 21.6 Å². The summed E-state index contributed by atoms with van der Waals surface area (Å²) in [5, 5.41) is 4.48. The van der Waals surface area contributed by atoms with Gasteiger partial charge in [-0.15, -0.1) is 0 Å². The summed E-state index contributed by atoms with van der Waals surface area (Å²) in [7, 11) is 0. The highest BCUT2D eigenvalue weighted by Crippen LogP contribution is 2.31. The quantitative estimate of drug-likeness (QED) is 0.770. The molecule has 0 aliphatic carbocycles. The van der Waals surface area contributed by atoms with Gasteiger partial charge in [0.05, 0.1) is 17.6 Å². The molecule has 1 heterocycles. The number of hydrogen-bond donors (Lipinski definition) is 1. The number of anilines is 1. The zero-order valence-corrected chi connectivity index (χ0v) is 12.0. The van der Waals surface area contributed by atoms with Crippen molar-refractivity contribution < 1.29 is 4.39 Å². The Labute approximate surface area is 124 Å². The molecule has 0 bridgehead atoms. The number of nitrogens with two attached hydrogens (primary N) is 1. The molecule has 0 saturated carbocycles. The molecule has 3 rings (SSSR count). The Kier molecular flexibility index (Phi) is 3.28. The van der Waals surface area contributed by atoms with Crippen molar-refractivity contribution in [1.29, 1.82) is 0 Å².